The van der Waals surface area contributed by atoms with Crippen molar-refractivity contribution in [3.05, 3.63) is 24.3 Å². The van der Waals surface area contributed by atoms with Gasteiger partial charge in [-0.2, -0.15) is 0 Å². The van der Waals surface area contributed by atoms with Crippen LogP contribution in [0.4, 0.5) is 0 Å². The number of halogens is 1. The fourth-order valence-corrected chi connectivity index (χ4v) is 3.08. The average Bonchev–Trinajstić information content (AvgIpc) is 2.28. The maximum atomic E-state index is 11.8. The summed E-state index contributed by atoms with van der Waals surface area (Å²) in [6.45, 7) is 0.309. The number of hydrogen-bond acceptors (Lipinski definition) is 5. The van der Waals surface area contributed by atoms with Gasteiger partial charge in [-0.1, -0.05) is 6.07 Å². The highest BCUT2D eigenvalue weighted by atomic mass is 35.7. The predicted octanol–water partition coefficient (Wildman–Crippen LogP) is 0.539. The molecule has 0 aliphatic rings. The summed E-state index contributed by atoms with van der Waals surface area (Å²) in [5.41, 5.74) is 0. The molecule has 9 heteroatoms. The van der Waals surface area contributed by atoms with Gasteiger partial charge in [0.2, 0.25) is 10.0 Å². The quantitative estimate of drug-likeness (QED) is 0.611. The lowest BCUT2D eigenvalue weighted by atomic mass is 10.4. The molecule has 0 atom stereocenters. The fourth-order valence-electron chi connectivity index (χ4n) is 1.15. The van der Waals surface area contributed by atoms with Crippen LogP contribution in [0, 0.1) is 0 Å². The highest BCUT2D eigenvalue weighted by Gasteiger charge is 2.17. The monoisotopic (exact) mass is 313 g/mol. The standard InChI is InChI=1S/C9H12ClNO5S2/c1-16-6-5-11-18(14,15)9-4-2-3-8(7-9)17(10,12)13/h2-4,7,11H,5-6H2,1H3. The van der Waals surface area contributed by atoms with Gasteiger partial charge in [0.15, 0.2) is 0 Å². The van der Waals surface area contributed by atoms with Gasteiger partial charge in [0, 0.05) is 24.3 Å². The molecule has 1 rings (SSSR count). The second-order valence-corrected chi connectivity index (χ2v) is 7.64. The van der Waals surface area contributed by atoms with E-state index in [0.29, 0.717) is 0 Å². The molecule has 0 heterocycles. The van der Waals surface area contributed by atoms with Crippen LogP contribution < -0.4 is 4.72 Å². The summed E-state index contributed by atoms with van der Waals surface area (Å²) in [6.07, 6.45) is 0. The van der Waals surface area contributed by atoms with Crippen LogP contribution in [0.1, 0.15) is 0 Å². The van der Waals surface area contributed by atoms with Crippen molar-refractivity contribution < 1.29 is 21.6 Å². The first-order chi connectivity index (χ1) is 8.27. The van der Waals surface area contributed by atoms with E-state index in [1.807, 2.05) is 0 Å². The summed E-state index contributed by atoms with van der Waals surface area (Å²) in [7, 11) is -1.14. The summed E-state index contributed by atoms with van der Waals surface area (Å²) < 4.78 is 52.7. The first-order valence-electron chi connectivity index (χ1n) is 4.81. The van der Waals surface area contributed by atoms with Crippen LogP contribution in [0.3, 0.4) is 0 Å². The number of hydrogen-bond donors (Lipinski definition) is 1. The van der Waals surface area contributed by atoms with Crippen LogP contribution in [0.25, 0.3) is 0 Å². The largest absolute Gasteiger partial charge is 0.383 e. The summed E-state index contributed by atoms with van der Waals surface area (Å²) in [5, 5.41) is 0. The Morgan fingerprint density at radius 1 is 1.22 bits per heavy atom. The van der Waals surface area contributed by atoms with E-state index in [2.05, 4.69) is 4.72 Å². The molecule has 0 aliphatic carbocycles. The Kier molecular flexibility index (Phi) is 5.11. The molecular formula is C9H12ClNO5S2. The Bertz CT molecular complexity index is 612. The zero-order chi connectivity index (χ0) is 13.8. The van der Waals surface area contributed by atoms with E-state index >= 15 is 0 Å². The van der Waals surface area contributed by atoms with Crippen molar-refractivity contribution in [1.82, 2.24) is 4.72 Å². The molecule has 0 radical (unpaired) electrons. The van der Waals surface area contributed by atoms with Gasteiger partial charge in [-0.25, -0.2) is 21.6 Å². The minimum atomic E-state index is -3.96. The molecule has 0 fully saturated rings. The van der Waals surface area contributed by atoms with Crippen molar-refractivity contribution in [2.45, 2.75) is 9.79 Å². The molecule has 0 unspecified atom stereocenters. The van der Waals surface area contributed by atoms with Crippen LogP contribution in [-0.4, -0.2) is 37.1 Å². The lowest BCUT2D eigenvalue weighted by Gasteiger charge is -2.06. The molecule has 0 saturated heterocycles. The molecule has 1 N–H and O–H groups in total. The molecule has 0 saturated carbocycles. The summed E-state index contributed by atoms with van der Waals surface area (Å²) in [5.74, 6) is 0. The first kappa shape index (κ1) is 15.4. The van der Waals surface area contributed by atoms with Gasteiger partial charge in [0.25, 0.3) is 9.05 Å². The van der Waals surface area contributed by atoms with E-state index in [1.165, 1.54) is 25.3 Å². The normalized spacial score (nSPS) is 12.6. The number of rotatable bonds is 6. The number of sulfonamides is 1. The fraction of sp³-hybridized carbons (Fsp3) is 0.333. The minimum absolute atomic E-state index is 0.0939. The molecule has 6 nitrogen and oxygen atoms in total. The topological polar surface area (TPSA) is 89.5 Å². The highest BCUT2D eigenvalue weighted by Crippen LogP contribution is 2.18. The molecule has 18 heavy (non-hydrogen) atoms. The predicted molar refractivity (Wildman–Crippen MR) is 66.5 cm³/mol. The summed E-state index contributed by atoms with van der Waals surface area (Å²) >= 11 is 0. The van der Waals surface area contributed by atoms with Gasteiger partial charge >= 0.3 is 0 Å². The molecule has 1 aromatic carbocycles. The third kappa shape index (κ3) is 4.21. The van der Waals surface area contributed by atoms with Crippen molar-refractivity contribution in [3.8, 4) is 0 Å². The van der Waals surface area contributed by atoms with Gasteiger partial charge < -0.3 is 4.74 Å². The summed E-state index contributed by atoms with van der Waals surface area (Å²) in [4.78, 5) is -0.431. The van der Waals surface area contributed by atoms with Crippen molar-refractivity contribution in [1.29, 1.82) is 0 Å². The average molecular weight is 314 g/mol. The van der Waals surface area contributed by atoms with E-state index in [9.17, 15) is 16.8 Å². The molecule has 0 aromatic heterocycles. The Morgan fingerprint density at radius 3 is 2.39 bits per heavy atom. The van der Waals surface area contributed by atoms with Crippen molar-refractivity contribution in [2.24, 2.45) is 0 Å². The van der Waals surface area contributed by atoms with Crippen LogP contribution in [0.5, 0.6) is 0 Å². The first-order valence-corrected chi connectivity index (χ1v) is 8.60. The van der Waals surface area contributed by atoms with Gasteiger partial charge in [-0.3, -0.25) is 0 Å². The molecule has 0 spiro atoms. The third-order valence-electron chi connectivity index (χ3n) is 2.00. The summed E-state index contributed by atoms with van der Waals surface area (Å²) in [6, 6.07) is 4.80. The van der Waals surface area contributed by atoms with Gasteiger partial charge in [-0.15, -0.1) is 0 Å². The van der Waals surface area contributed by atoms with Crippen molar-refractivity contribution in [3.63, 3.8) is 0 Å². The number of ether oxygens (including phenoxy) is 1. The van der Waals surface area contributed by atoms with E-state index in [0.717, 1.165) is 6.07 Å². The molecule has 0 bridgehead atoms. The maximum absolute atomic E-state index is 11.8. The molecular weight excluding hydrogens is 302 g/mol. The zero-order valence-corrected chi connectivity index (χ0v) is 11.8. The highest BCUT2D eigenvalue weighted by molar-refractivity contribution is 8.13. The Labute approximate surface area is 110 Å². The van der Waals surface area contributed by atoms with Crippen LogP contribution in [0.2, 0.25) is 0 Å². The van der Waals surface area contributed by atoms with Gasteiger partial charge in [0.05, 0.1) is 16.4 Å². The molecule has 0 aliphatic heterocycles. The zero-order valence-electron chi connectivity index (χ0n) is 9.46. The van der Waals surface area contributed by atoms with Crippen LogP contribution >= 0.6 is 10.7 Å². The SMILES string of the molecule is COCCNS(=O)(=O)c1cccc(S(=O)(=O)Cl)c1. The number of methoxy groups -OCH3 is 1. The molecule has 102 valence electrons. The van der Waals surface area contributed by atoms with E-state index in [4.69, 9.17) is 15.4 Å². The smallest absolute Gasteiger partial charge is 0.261 e. The van der Waals surface area contributed by atoms with E-state index < -0.39 is 19.1 Å². The van der Waals surface area contributed by atoms with E-state index in [1.54, 1.807) is 0 Å². The van der Waals surface area contributed by atoms with Crippen molar-refractivity contribution >= 4 is 29.8 Å². The second kappa shape index (κ2) is 5.98. The van der Waals surface area contributed by atoms with Crippen LogP contribution in [-0.2, 0) is 23.8 Å². The Morgan fingerprint density at radius 2 is 1.83 bits per heavy atom. The number of nitrogens with one attached hydrogen (secondary N) is 1. The van der Waals surface area contributed by atoms with E-state index in [-0.39, 0.29) is 22.9 Å². The maximum Gasteiger partial charge on any atom is 0.261 e. The van der Waals surface area contributed by atoms with Crippen LogP contribution in [0.15, 0.2) is 34.1 Å². The second-order valence-electron chi connectivity index (χ2n) is 3.30. The molecule has 1 aromatic rings. The van der Waals surface area contributed by atoms with Gasteiger partial charge in [-0.05, 0) is 18.2 Å². The lowest BCUT2D eigenvalue weighted by Crippen LogP contribution is -2.27. The molecule has 0 amide bonds. The Balaban J connectivity index is 3.03. The number of benzene rings is 1. The lowest BCUT2D eigenvalue weighted by molar-refractivity contribution is 0.204. The van der Waals surface area contributed by atoms with Gasteiger partial charge in [0.1, 0.15) is 0 Å². The third-order valence-corrected chi connectivity index (χ3v) is 4.81. The Hall–Kier alpha value is -0.670. The minimum Gasteiger partial charge on any atom is -0.383 e. The van der Waals surface area contributed by atoms with Crippen molar-refractivity contribution in [2.75, 3.05) is 20.3 Å².